The first-order valence-electron chi connectivity index (χ1n) is 9.62. The van der Waals surface area contributed by atoms with Crippen LogP contribution >= 0.6 is 31.9 Å². The summed E-state index contributed by atoms with van der Waals surface area (Å²) in [5.74, 6) is 0.107. The zero-order valence-corrected chi connectivity index (χ0v) is 20.3. The van der Waals surface area contributed by atoms with Gasteiger partial charge in [-0.1, -0.05) is 22.0 Å². The second-order valence-electron chi connectivity index (χ2n) is 7.04. The normalized spacial score (nSPS) is 14.6. The molecule has 0 aliphatic carbocycles. The van der Waals surface area contributed by atoms with Crippen LogP contribution in [0.2, 0.25) is 0 Å². The Balaban J connectivity index is 1.43. The number of carbonyl (C=O) groups excluding carboxylic acids is 1. The summed E-state index contributed by atoms with van der Waals surface area (Å²) in [4.78, 5) is 17.0. The van der Waals surface area contributed by atoms with Gasteiger partial charge in [0.1, 0.15) is 5.52 Å². The van der Waals surface area contributed by atoms with Crippen LogP contribution < -0.4 is 10.1 Å². The molecule has 0 unspecified atom stereocenters. The summed E-state index contributed by atoms with van der Waals surface area (Å²) >= 11 is 6.95. The van der Waals surface area contributed by atoms with Crippen LogP contribution in [-0.4, -0.2) is 43.3 Å². The lowest BCUT2D eigenvalue weighted by Gasteiger charge is -2.16. The number of halogens is 2. The maximum atomic E-state index is 12.6. The number of anilines is 1. The standard InChI is InChI=1S/C21H19Br2N3O4S/c22-17-12-18(23)21(20-16(17)4-3-9-24-20)30-13-19(27)25-14-5-7-15(8-6-14)31(28,29)26-10-1-2-11-26/h3-9,12H,1-2,10-11,13H2,(H,25,27). The fourth-order valence-electron chi connectivity index (χ4n) is 3.41. The van der Waals surface area contributed by atoms with Gasteiger partial charge in [0.05, 0.1) is 9.37 Å². The van der Waals surface area contributed by atoms with E-state index in [-0.39, 0.29) is 17.4 Å². The van der Waals surface area contributed by atoms with Gasteiger partial charge in [0.25, 0.3) is 5.91 Å². The largest absolute Gasteiger partial charge is 0.480 e. The Morgan fingerprint density at radius 1 is 1.10 bits per heavy atom. The number of nitrogens with one attached hydrogen (secondary N) is 1. The van der Waals surface area contributed by atoms with Crippen molar-refractivity contribution in [2.24, 2.45) is 0 Å². The number of fused-ring (bicyclic) bond motifs is 1. The molecule has 1 fully saturated rings. The molecule has 1 N–H and O–H groups in total. The molecule has 1 saturated heterocycles. The Kier molecular flexibility index (Phi) is 6.61. The number of ether oxygens (including phenoxy) is 1. The lowest BCUT2D eigenvalue weighted by molar-refractivity contribution is -0.118. The maximum Gasteiger partial charge on any atom is 0.262 e. The molecular weight excluding hydrogens is 550 g/mol. The van der Waals surface area contributed by atoms with Crippen molar-refractivity contribution in [1.82, 2.24) is 9.29 Å². The van der Waals surface area contributed by atoms with Gasteiger partial charge >= 0.3 is 0 Å². The summed E-state index contributed by atoms with van der Waals surface area (Å²) in [6.07, 6.45) is 3.42. The highest BCUT2D eigenvalue weighted by Crippen LogP contribution is 2.37. The SMILES string of the molecule is O=C(COc1c(Br)cc(Br)c2cccnc12)Nc1ccc(S(=O)(=O)N2CCCC2)cc1. The molecule has 0 spiro atoms. The van der Waals surface area contributed by atoms with Gasteiger partial charge in [-0.05, 0) is 65.2 Å². The van der Waals surface area contributed by atoms with Crippen LogP contribution in [0.1, 0.15) is 12.8 Å². The molecule has 162 valence electrons. The van der Waals surface area contributed by atoms with Crippen LogP contribution in [0.25, 0.3) is 10.9 Å². The van der Waals surface area contributed by atoms with Crippen LogP contribution in [0.4, 0.5) is 5.69 Å². The molecule has 2 aromatic carbocycles. The van der Waals surface area contributed by atoms with Gasteiger partial charge < -0.3 is 10.1 Å². The van der Waals surface area contributed by atoms with Gasteiger partial charge in [-0.15, -0.1) is 0 Å². The highest BCUT2D eigenvalue weighted by Gasteiger charge is 2.27. The highest BCUT2D eigenvalue weighted by molar-refractivity contribution is 9.11. The van der Waals surface area contributed by atoms with Crippen LogP contribution in [-0.2, 0) is 14.8 Å². The van der Waals surface area contributed by atoms with Crippen LogP contribution in [0.15, 0.2) is 62.5 Å². The first-order chi connectivity index (χ1) is 14.9. The molecule has 1 aliphatic heterocycles. The van der Waals surface area contributed by atoms with Crippen molar-refractivity contribution in [2.45, 2.75) is 17.7 Å². The number of benzene rings is 2. The molecule has 1 amide bonds. The number of hydrogen-bond acceptors (Lipinski definition) is 5. The number of aromatic nitrogens is 1. The lowest BCUT2D eigenvalue weighted by Crippen LogP contribution is -2.27. The number of rotatable bonds is 6. The fourth-order valence-corrected chi connectivity index (χ4v) is 6.31. The minimum Gasteiger partial charge on any atom is -0.480 e. The first kappa shape index (κ1) is 22.2. The molecule has 1 aliphatic rings. The van der Waals surface area contributed by atoms with E-state index in [9.17, 15) is 13.2 Å². The quantitative estimate of drug-likeness (QED) is 0.471. The smallest absolute Gasteiger partial charge is 0.262 e. The molecule has 1 aromatic heterocycles. The third-order valence-electron chi connectivity index (χ3n) is 4.94. The molecule has 7 nitrogen and oxygen atoms in total. The maximum absolute atomic E-state index is 12.6. The summed E-state index contributed by atoms with van der Waals surface area (Å²) in [6, 6.07) is 11.7. The van der Waals surface area contributed by atoms with Gasteiger partial charge in [0.15, 0.2) is 12.4 Å². The molecular formula is C21H19Br2N3O4S. The van der Waals surface area contributed by atoms with E-state index in [0.717, 1.165) is 22.7 Å². The average Bonchev–Trinajstić information content (AvgIpc) is 3.30. The Morgan fingerprint density at radius 3 is 2.52 bits per heavy atom. The second kappa shape index (κ2) is 9.23. The third kappa shape index (κ3) is 4.77. The topological polar surface area (TPSA) is 88.6 Å². The summed E-state index contributed by atoms with van der Waals surface area (Å²) in [5.41, 5.74) is 1.12. The van der Waals surface area contributed by atoms with Gasteiger partial charge in [-0.3, -0.25) is 9.78 Å². The van der Waals surface area contributed by atoms with Crippen molar-refractivity contribution in [3.05, 3.63) is 57.6 Å². The van der Waals surface area contributed by atoms with E-state index in [2.05, 4.69) is 42.2 Å². The van der Waals surface area contributed by atoms with Gasteiger partial charge in [-0.2, -0.15) is 4.31 Å². The van der Waals surface area contributed by atoms with E-state index in [4.69, 9.17) is 4.74 Å². The number of hydrogen-bond donors (Lipinski definition) is 1. The summed E-state index contributed by atoms with van der Waals surface area (Å²) < 4.78 is 34.0. The van der Waals surface area contributed by atoms with Crippen LogP contribution in [0.3, 0.4) is 0 Å². The van der Waals surface area contributed by atoms with E-state index in [1.165, 1.54) is 16.4 Å². The van der Waals surface area contributed by atoms with Gasteiger partial charge in [0, 0.05) is 34.8 Å². The van der Waals surface area contributed by atoms with E-state index in [1.807, 2.05) is 18.2 Å². The monoisotopic (exact) mass is 567 g/mol. The van der Waals surface area contributed by atoms with E-state index in [1.54, 1.807) is 18.3 Å². The summed E-state index contributed by atoms with van der Waals surface area (Å²) in [7, 11) is -3.48. The van der Waals surface area contributed by atoms with E-state index in [0.29, 0.717) is 34.5 Å². The Hall–Kier alpha value is -2.01. The molecule has 10 heteroatoms. The predicted octanol–water partition coefficient (Wildman–Crippen LogP) is 4.56. The number of carbonyl (C=O) groups is 1. The molecule has 4 rings (SSSR count). The van der Waals surface area contributed by atoms with E-state index >= 15 is 0 Å². The second-order valence-corrected chi connectivity index (χ2v) is 10.7. The van der Waals surface area contributed by atoms with Crippen molar-refractivity contribution in [1.29, 1.82) is 0 Å². The van der Waals surface area contributed by atoms with Gasteiger partial charge in [-0.25, -0.2) is 8.42 Å². The molecule has 2 heterocycles. The lowest BCUT2D eigenvalue weighted by atomic mass is 10.2. The molecule has 0 radical (unpaired) electrons. The number of nitrogens with zero attached hydrogens (tertiary/aromatic N) is 2. The molecule has 0 saturated carbocycles. The van der Waals surface area contributed by atoms with E-state index < -0.39 is 10.0 Å². The van der Waals surface area contributed by atoms with Crippen molar-refractivity contribution in [2.75, 3.05) is 25.0 Å². The van der Waals surface area contributed by atoms with Crippen molar-refractivity contribution >= 4 is 64.4 Å². The zero-order chi connectivity index (χ0) is 22.0. The molecule has 31 heavy (non-hydrogen) atoms. The Labute approximate surface area is 197 Å². The number of pyridine rings is 1. The summed E-state index contributed by atoms with van der Waals surface area (Å²) in [6.45, 7) is 0.875. The van der Waals surface area contributed by atoms with Crippen LogP contribution in [0, 0.1) is 0 Å². The molecule has 3 aromatic rings. The molecule has 0 bridgehead atoms. The highest BCUT2D eigenvalue weighted by atomic mass is 79.9. The minimum absolute atomic E-state index is 0.222. The summed E-state index contributed by atoms with van der Waals surface area (Å²) in [5, 5.41) is 3.59. The fraction of sp³-hybridized carbons (Fsp3) is 0.238. The van der Waals surface area contributed by atoms with Crippen molar-refractivity contribution < 1.29 is 17.9 Å². The third-order valence-corrected chi connectivity index (χ3v) is 8.10. The van der Waals surface area contributed by atoms with Crippen molar-refractivity contribution in [3.8, 4) is 5.75 Å². The first-order valence-corrected chi connectivity index (χ1v) is 12.6. The molecule has 0 atom stereocenters. The predicted molar refractivity (Wildman–Crippen MR) is 126 cm³/mol. The van der Waals surface area contributed by atoms with Gasteiger partial charge in [0.2, 0.25) is 10.0 Å². The van der Waals surface area contributed by atoms with Crippen LogP contribution in [0.5, 0.6) is 5.75 Å². The average molecular weight is 569 g/mol. The number of sulfonamides is 1. The zero-order valence-electron chi connectivity index (χ0n) is 16.3. The Morgan fingerprint density at radius 2 is 1.81 bits per heavy atom. The Bertz CT molecular complexity index is 1230. The van der Waals surface area contributed by atoms with Crippen molar-refractivity contribution in [3.63, 3.8) is 0 Å². The number of amides is 1. The minimum atomic E-state index is -3.48.